The number of pyridine rings is 2. The van der Waals surface area contributed by atoms with Crippen LogP contribution in [0.5, 0.6) is 0 Å². The van der Waals surface area contributed by atoms with Crippen molar-refractivity contribution in [3.8, 4) is 0 Å². The molecule has 0 N–H and O–H groups in total. The maximum atomic E-state index is 12.2. The van der Waals surface area contributed by atoms with Crippen LogP contribution in [0.25, 0.3) is 6.08 Å². The Bertz CT molecular complexity index is 713. The number of aromatic nitrogens is 2. The van der Waals surface area contributed by atoms with Crippen LogP contribution in [0.4, 0.5) is 5.69 Å². The fraction of sp³-hybridized carbons (Fsp3) is 0.0667. The minimum atomic E-state index is -0.0757. The average Bonchev–Trinajstić information content (AvgIpc) is 2.78. The van der Waals surface area contributed by atoms with Gasteiger partial charge in [0.15, 0.2) is 5.17 Å². The van der Waals surface area contributed by atoms with Crippen LogP contribution in [-0.4, -0.2) is 33.0 Å². The van der Waals surface area contributed by atoms with E-state index in [-0.39, 0.29) is 5.91 Å². The molecule has 3 rings (SSSR count). The number of amidine groups is 1. The number of thioether (sulfide) groups is 1. The summed E-state index contributed by atoms with van der Waals surface area (Å²) in [4.78, 5) is 27.0. The van der Waals surface area contributed by atoms with E-state index in [0.29, 0.717) is 10.1 Å². The first-order chi connectivity index (χ1) is 10.2. The molecule has 2 aromatic rings. The summed E-state index contributed by atoms with van der Waals surface area (Å²) in [5.41, 5.74) is 1.48. The summed E-state index contributed by atoms with van der Waals surface area (Å²) in [5, 5.41) is 0.634. The Morgan fingerprint density at radius 3 is 2.86 bits per heavy atom. The molecule has 1 fully saturated rings. The molecular weight excluding hydrogens is 284 g/mol. The molecule has 6 heteroatoms. The lowest BCUT2D eigenvalue weighted by molar-refractivity contribution is -0.121. The molecule has 0 aliphatic carbocycles. The standard InChI is InChI=1S/C15H12N4OS/c1-19-14(20)13(9-11-5-2-3-8-17-11)21-15(19)18-12-6-4-7-16-10-12/h2-10H,1H3/b13-9-,18-15?. The van der Waals surface area contributed by atoms with E-state index >= 15 is 0 Å². The lowest BCUT2D eigenvalue weighted by atomic mass is 10.3. The van der Waals surface area contributed by atoms with Crippen LogP contribution in [0.1, 0.15) is 5.69 Å². The van der Waals surface area contributed by atoms with Gasteiger partial charge in [0, 0.05) is 19.4 Å². The fourth-order valence-electron chi connectivity index (χ4n) is 1.78. The molecular formula is C15H12N4OS. The zero-order valence-electron chi connectivity index (χ0n) is 11.3. The largest absolute Gasteiger partial charge is 0.290 e. The van der Waals surface area contributed by atoms with Crippen LogP contribution >= 0.6 is 11.8 Å². The van der Waals surface area contributed by atoms with E-state index in [9.17, 15) is 4.79 Å². The monoisotopic (exact) mass is 296 g/mol. The van der Waals surface area contributed by atoms with E-state index in [2.05, 4.69) is 15.0 Å². The van der Waals surface area contributed by atoms with E-state index in [4.69, 9.17) is 0 Å². The van der Waals surface area contributed by atoms with Gasteiger partial charge in [-0.2, -0.15) is 0 Å². The number of rotatable bonds is 2. The molecule has 0 aromatic carbocycles. The topological polar surface area (TPSA) is 58.5 Å². The number of amides is 1. The Kier molecular flexibility index (Phi) is 3.79. The van der Waals surface area contributed by atoms with Crippen LogP contribution in [0, 0.1) is 0 Å². The van der Waals surface area contributed by atoms with Crippen molar-refractivity contribution in [1.29, 1.82) is 0 Å². The first-order valence-corrected chi connectivity index (χ1v) is 7.13. The Hall–Kier alpha value is -2.47. The summed E-state index contributed by atoms with van der Waals surface area (Å²) >= 11 is 1.34. The normalized spacial score (nSPS) is 18.7. The van der Waals surface area contributed by atoms with Crippen molar-refractivity contribution in [1.82, 2.24) is 14.9 Å². The third-order valence-electron chi connectivity index (χ3n) is 2.84. The number of nitrogens with zero attached hydrogens (tertiary/aromatic N) is 4. The molecule has 0 spiro atoms. The van der Waals surface area contributed by atoms with E-state index in [1.165, 1.54) is 16.7 Å². The molecule has 104 valence electrons. The second-order valence-electron chi connectivity index (χ2n) is 4.34. The lowest BCUT2D eigenvalue weighted by Gasteiger charge is -2.06. The number of carbonyl (C=O) groups excluding carboxylic acids is 1. The van der Waals surface area contributed by atoms with Gasteiger partial charge in [0.25, 0.3) is 5.91 Å². The van der Waals surface area contributed by atoms with Crippen molar-refractivity contribution in [2.24, 2.45) is 4.99 Å². The van der Waals surface area contributed by atoms with E-state index in [0.717, 1.165) is 11.4 Å². The van der Waals surface area contributed by atoms with Gasteiger partial charge in [0.1, 0.15) is 0 Å². The fourth-order valence-corrected chi connectivity index (χ4v) is 2.75. The summed E-state index contributed by atoms with van der Waals surface area (Å²) < 4.78 is 0. The predicted molar refractivity (Wildman–Crippen MR) is 83.9 cm³/mol. The van der Waals surface area contributed by atoms with Gasteiger partial charge in [-0.05, 0) is 42.1 Å². The molecule has 2 aromatic heterocycles. The molecule has 0 radical (unpaired) electrons. The van der Waals surface area contributed by atoms with Crippen molar-refractivity contribution in [3.63, 3.8) is 0 Å². The highest BCUT2D eigenvalue weighted by molar-refractivity contribution is 8.18. The Labute approximate surface area is 126 Å². The maximum absolute atomic E-state index is 12.2. The van der Waals surface area contributed by atoms with Gasteiger partial charge in [-0.1, -0.05) is 6.07 Å². The minimum Gasteiger partial charge on any atom is -0.290 e. The zero-order chi connectivity index (χ0) is 14.7. The summed E-state index contributed by atoms with van der Waals surface area (Å²) in [6.07, 6.45) is 6.82. The van der Waals surface area contributed by atoms with Crippen LogP contribution in [-0.2, 0) is 4.79 Å². The predicted octanol–water partition coefficient (Wildman–Crippen LogP) is 2.71. The zero-order valence-corrected chi connectivity index (χ0v) is 12.1. The van der Waals surface area contributed by atoms with E-state index < -0.39 is 0 Å². The SMILES string of the molecule is CN1C(=O)/C(=C/c2ccccn2)SC1=Nc1cccnc1. The molecule has 1 saturated heterocycles. The molecule has 1 aliphatic heterocycles. The van der Waals surface area contributed by atoms with Crippen LogP contribution in [0.2, 0.25) is 0 Å². The molecule has 1 aliphatic rings. The second-order valence-corrected chi connectivity index (χ2v) is 5.34. The molecule has 0 saturated carbocycles. The van der Waals surface area contributed by atoms with Crippen LogP contribution in [0.15, 0.2) is 58.8 Å². The molecule has 3 heterocycles. The third kappa shape index (κ3) is 3.00. The van der Waals surface area contributed by atoms with Crippen molar-refractivity contribution < 1.29 is 4.79 Å². The van der Waals surface area contributed by atoms with Crippen LogP contribution in [0.3, 0.4) is 0 Å². The van der Waals surface area contributed by atoms with Gasteiger partial charge < -0.3 is 0 Å². The highest BCUT2D eigenvalue weighted by Gasteiger charge is 2.30. The maximum Gasteiger partial charge on any atom is 0.266 e. The summed E-state index contributed by atoms with van der Waals surface area (Å²) in [7, 11) is 1.71. The highest BCUT2D eigenvalue weighted by Crippen LogP contribution is 2.32. The smallest absolute Gasteiger partial charge is 0.266 e. The molecule has 0 unspecified atom stereocenters. The van der Waals surface area contributed by atoms with Crippen molar-refractivity contribution in [2.75, 3.05) is 7.05 Å². The Morgan fingerprint density at radius 2 is 2.14 bits per heavy atom. The van der Waals surface area contributed by atoms with Gasteiger partial charge >= 0.3 is 0 Å². The first-order valence-electron chi connectivity index (χ1n) is 6.31. The van der Waals surface area contributed by atoms with Crippen molar-refractivity contribution in [3.05, 3.63) is 59.5 Å². The quantitative estimate of drug-likeness (QED) is 0.800. The van der Waals surface area contributed by atoms with Gasteiger partial charge in [0.05, 0.1) is 22.5 Å². The van der Waals surface area contributed by atoms with Gasteiger partial charge in [0.2, 0.25) is 0 Å². The summed E-state index contributed by atoms with van der Waals surface area (Å²) in [6.45, 7) is 0. The molecule has 0 atom stereocenters. The van der Waals surface area contributed by atoms with Crippen molar-refractivity contribution in [2.45, 2.75) is 0 Å². The van der Waals surface area contributed by atoms with Gasteiger partial charge in [-0.15, -0.1) is 0 Å². The lowest BCUT2D eigenvalue weighted by Crippen LogP contribution is -2.23. The third-order valence-corrected chi connectivity index (χ3v) is 3.90. The average molecular weight is 296 g/mol. The number of carbonyl (C=O) groups is 1. The number of likely N-dealkylation sites (N-methyl/N-ethyl adjacent to an activating group) is 1. The van der Waals surface area contributed by atoms with E-state index in [1.807, 2.05) is 30.3 Å². The molecule has 5 nitrogen and oxygen atoms in total. The summed E-state index contributed by atoms with van der Waals surface area (Å²) in [5.74, 6) is -0.0757. The Morgan fingerprint density at radius 1 is 1.24 bits per heavy atom. The van der Waals surface area contributed by atoms with Gasteiger partial charge in [-0.3, -0.25) is 19.7 Å². The second kappa shape index (κ2) is 5.88. The highest BCUT2D eigenvalue weighted by atomic mass is 32.2. The van der Waals surface area contributed by atoms with Gasteiger partial charge in [-0.25, -0.2) is 4.99 Å². The number of hydrogen-bond donors (Lipinski definition) is 0. The Balaban J connectivity index is 1.89. The molecule has 0 bridgehead atoms. The minimum absolute atomic E-state index is 0.0757. The van der Waals surface area contributed by atoms with E-state index in [1.54, 1.807) is 31.7 Å². The van der Waals surface area contributed by atoms with Crippen molar-refractivity contribution >= 4 is 34.6 Å². The summed E-state index contributed by atoms with van der Waals surface area (Å²) in [6, 6.07) is 9.24. The van der Waals surface area contributed by atoms with Crippen LogP contribution < -0.4 is 0 Å². The number of hydrogen-bond acceptors (Lipinski definition) is 5. The molecule has 1 amide bonds. The number of aliphatic imine (C=N–C) groups is 1. The molecule has 21 heavy (non-hydrogen) atoms. The first kappa shape index (κ1) is 13.5.